The van der Waals surface area contributed by atoms with Crippen LogP contribution in [-0.4, -0.2) is 53.3 Å². The van der Waals surface area contributed by atoms with Crippen molar-refractivity contribution >= 4 is 23.3 Å². The van der Waals surface area contributed by atoms with Crippen molar-refractivity contribution < 1.29 is 32.6 Å². The average molecular weight is 555 g/mol. The maximum absolute atomic E-state index is 13.4. The quantitative estimate of drug-likeness (QED) is 0.472. The third-order valence-electron chi connectivity index (χ3n) is 7.82. The number of β-amino-alcohol motifs (C(OH)–C–C–N with tert-alkyl or cyclic N) is 1. The van der Waals surface area contributed by atoms with Gasteiger partial charge in [-0.15, -0.1) is 0 Å². The highest BCUT2D eigenvalue weighted by atomic mass is 19.4. The van der Waals surface area contributed by atoms with Gasteiger partial charge in [-0.2, -0.15) is 13.2 Å². The lowest BCUT2D eigenvalue weighted by Crippen LogP contribution is -2.52. The number of nitrogens with zero attached hydrogens (tertiary/aromatic N) is 3. The van der Waals surface area contributed by atoms with E-state index in [9.17, 15) is 27.9 Å². The number of carbonyl (C=O) groups excluding carboxylic acids is 2. The predicted octanol–water partition coefficient (Wildman–Crippen LogP) is 4.75. The van der Waals surface area contributed by atoms with Gasteiger partial charge in [0.1, 0.15) is 5.82 Å². The third kappa shape index (κ3) is 5.06. The van der Waals surface area contributed by atoms with Crippen molar-refractivity contribution in [2.75, 3.05) is 36.6 Å². The molecule has 2 aliphatic rings. The molecule has 2 atom stereocenters. The lowest BCUT2D eigenvalue weighted by Gasteiger charge is -2.44. The number of amides is 2. The van der Waals surface area contributed by atoms with Gasteiger partial charge in [-0.1, -0.05) is 13.0 Å². The van der Waals surface area contributed by atoms with E-state index in [1.165, 1.54) is 23.2 Å². The molecular formula is C29H29F3N4O4. The Kier molecular flexibility index (Phi) is 7.36. The highest BCUT2D eigenvalue weighted by molar-refractivity contribution is 6.04. The number of rotatable bonds is 5. The molecule has 0 saturated carbocycles. The molecule has 4 heterocycles. The van der Waals surface area contributed by atoms with Gasteiger partial charge in [0.15, 0.2) is 0 Å². The molecule has 0 radical (unpaired) electrons. The fourth-order valence-corrected chi connectivity index (χ4v) is 5.58. The molecule has 5 rings (SSSR count). The van der Waals surface area contributed by atoms with E-state index in [2.05, 4.69) is 15.3 Å². The Morgan fingerprint density at radius 2 is 2.00 bits per heavy atom. The Bertz CT molecular complexity index is 1460. The maximum atomic E-state index is 13.4. The Morgan fingerprint density at radius 1 is 1.20 bits per heavy atom. The average Bonchev–Trinajstić information content (AvgIpc) is 3.14. The number of anilines is 2. The number of alkyl halides is 3. The fraction of sp³-hybridized carbons (Fsp3) is 0.379. The summed E-state index contributed by atoms with van der Waals surface area (Å²) in [4.78, 5) is 36.8. The molecule has 2 aromatic heterocycles. The predicted molar refractivity (Wildman–Crippen MR) is 142 cm³/mol. The number of nitrogens with one attached hydrogen (secondary N) is 1. The number of fused-ring (bicyclic) bond motifs is 3. The van der Waals surface area contributed by atoms with Crippen LogP contribution in [0.3, 0.4) is 0 Å². The van der Waals surface area contributed by atoms with Crippen molar-refractivity contribution in [2.45, 2.75) is 38.3 Å². The van der Waals surface area contributed by atoms with Crippen LogP contribution in [0.4, 0.5) is 24.7 Å². The van der Waals surface area contributed by atoms with E-state index in [1.54, 1.807) is 19.2 Å². The van der Waals surface area contributed by atoms with Crippen molar-refractivity contribution in [1.82, 2.24) is 9.97 Å². The Hall–Kier alpha value is -3.83. The zero-order chi connectivity index (χ0) is 28.7. The molecule has 2 unspecified atom stereocenters. The molecule has 8 nitrogen and oxygen atoms in total. The van der Waals surface area contributed by atoms with Crippen molar-refractivity contribution in [3.05, 3.63) is 71.2 Å². The van der Waals surface area contributed by atoms with Crippen LogP contribution in [0, 0.1) is 12.8 Å². The topological polar surface area (TPSA) is 105 Å². The summed E-state index contributed by atoms with van der Waals surface area (Å²) >= 11 is 0. The van der Waals surface area contributed by atoms with Crippen LogP contribution in [0.15, 0.2) is 48.8 Å². The van der Waals surface area contributed by atoms with Gasteiger partial charge in [-0.3, -0.25) is 19.5 Å². The van der Waals surface area contributed by atoms with Crippen LogP contribution in [-0.2, 0) is 21.1 Å². The first kappa shape index (κ1) is 27.7. The van der Waals surface area contributed by atoms with Gasteiger partial charge in [0.25, 0.3) is 5.91 Å². The summed E-state index contributed by atoms with van der Waals surface area (Å²) in [5.41, 5.74) is 1.65. The Morgan fingerprint density at radius 3 is 2.75 bits per heavy atom. The molecular weight excluding hydrogens is 525 g/mol. The number of halogens is 3. The van der Waals surface area contributed by atoms with Gasteiger partial charge < -0.3 is 15.2 Å². The van der Waals surface area contributed by atoms with Crippen LogP contribution >= 0.6 is 0 Å². The minimum atomic E-state index is -4.56. The lowest BCUT2D eigenvalue weighted by molar-refractivity contribution is -0.137. The molecule has 0 spiro atoms. The largest absolute Gasteiger partial charge is 0.416 e. The summed E-state index contributed by atoms with van der Waals surface area (Å²) in [6.07, 6.45) is -0.324. The van der Waals surface area contributed by atoms with E-state index in [1.807, 2.05) is 13.0 Å². The van der Waals surface area contributed by atoms with Crippen LogP contribution in [0.5, 0.6) is 0 Å². The van der Waals surface area contributed by atoms with E-state index in [-0.39, 0.29) is 30.5 Å². The van der Waals surface area contributed by atoms with Gasteiger partial charge >= 0.3 is 6.18 Å². The summed E-state index contributed by atoms with van der Waals surface area (Å²) in [6, 6.07) is 7.89. The number of aromatic nitrogens is 2. The second kappa shape index (κ2) is 10.6. The first-order chi connectivity index (χ1) is 19.0. The second-order valence-corrected chi connectivity index (χ2v) is 10.3. The molecule has 1 fully saturated rings. The lowest BCUT2D eigenvalue weighted by atomic mass is 9.66. The summed E-state index contributed by atoms with van der Waals surface area (Å²) in [6.45, 7) is 4.74. The van der Waals surface area contributed by atoms with Crippen molar-refractivity contribution in [3.8, 4) is 11.1 Å². The van der Waals surface area contributed by atoms with E-state index in [0.717, 1.165) is 17.7 Å². The van der Waals surface area contributed by atoms with Crippen molar-refractivity contribution in [1.29, 1.82) is 0 Å². The van der Waals surface area contributed by atoms with Crippen molar-refractivity contribution in [2.24, 2.45) is 5.92 Å². The zero-order valence-electron chi connectivity index (χ0n) is 22.1. The number of hydrogen-bond acceptors (Lipinski definition) is 6. The first-order valence-electron chi connectivity index (χ1n) is 13.0. The standard InChI is InChI=1S/C29H29F3N4O4/c1-17-22(14-21(16-33-17)35-26(38)18-4-3-5-20(12-18)29(30,31)32)19-13-24-25(34-15-19)36(8-9-37)27(39)23-6-10-40-11-7-28(23,24)2/h3-5,12-16,23,37H,6-11H2,1-2H3,(H,35,38). The molecule has 0 aliphatic carbocycles. The van der Waals surface area contributed by atoms with E-state index >= 15 is 0 Å². The van der Waals surface area contributed by atoms with Gasteiger partial charge in [0, 0.05) is 52.8 Å². The van der Waals surface area contributed by atoms with E-state index < -0.39 is 23.1 Å². The monoisotopic (exact) mass is 554 g/mol. The molecule has 3 aromatic rings. The Labute approximate surface area is 229 Å². The summed E-state index contributed by atoms with van der Waals surface area (Å²) in [7, 11) is 0. The minimum Gasteiger partial charge on any atom is -0.395 e. The molecule has 2 N–H and O–H groups in total. The van der Waals surface area contributed by atoms with E-state index in [4.69, 9.17) is 4.74 Å². The van der Waals surface area contributed by atoms with Crippen LogP contribution in [0.2, 0.25) is 0 Å². The molecule has 1 aromatic carbocycles. The SMILES string of the molecule is Cc1ncc(NC(=O)c2cccc(C(F)(F)F)c2)cc1-c1cnc2c(c1)C1(C)CCOCCC1C(=O)N2CCO. The Balaban J connectivity index is 1.51. The second-order valence-electron chi connectivity index (χ2n) is 10.3. The fourth-order valence-electron chi connectivity index (χ4n) is 5.58. The number of hydrogen-bond donors (Lipinski definition) is 2. The van der Waals surface area contributed by atoms with Crippen molar-refractivity contribution in [3.63, 3.8) is 0 Å². The molecule has 2 aliphatic heterocycles. The molecule has 0 bridgehead atoms. The van der Waals surface area contributed by atoms with Gasteiger partial charge in [-0.25, -0.2) is 4.98 Å². The van der Waals surface area contributed by atoms with Crippen LogP contribution in [0.1, 0.15) is 46.9 Å². The molecule has 1 saturated heterocycles. The van der Waals surface area contributed by atoms with Crippen LogP contribution in [0.25, 0.3) is 11.1 Å². The maximum Gasteiger partial charge on any atom is 0.416 e. The normalized spacial score (nSPS) is 20.9. The van der Waals surface area contributed by atoms with Gasteiger partial charge in [-0.05, 0) is 50.1 Å². The molecule has 11 heteroatoms. The van der Waals surface area contributed by atoms with E-state index in [0.29, 0.717) is 54.4 Å². The third-order valence-corrected chi connectivity index (χ3v) is 7.82. The van der Waals surface area contributed by atoms with Crippen LogP contribution < -0.4 is 10.2 Å². The highest BCUT2D eigenvalue weighted by Crippen LogP contribution is 2.48. The molecule has 210 valence electrons. The first-order valence-corrected chi connectivity index (χ1v) is 13.0. The molecule has 40 heavy (non-hydrogen) atoms. The zero-order valence-corrected chi connectivity index (χ0v) is 22.1. The smallest absolute Gasteiger partial charge is 0.395 e. The molecule has 2 amide bonds. The summed E-state index contributed by atoms with van der Waals surface area (Å²) in [5.74, 6) is -0.600. The number of benzene rings is 1. The number of aryl methyl sites for hydroxylation is 1. The van der Waals surface area contributed by atoms with Gasteiger partial charge in [0.05, 0.1) is 36.5 Å². The number of ether oxygens (including phenoxy) is 1. The highest BCUT2D eigenvalue weighted by Gasteiger charge is 2.49. The van der Waals surface area contributed by atoms with Gasteiger partial charge in [0.2, 0.25) is 5.91 Å². The number of aliphatic hydroxyl groups is 1. The number of carbonyl (C=O) groups is 2. The summed E-state index contributed by atoms with van der Waals surface area (Å²) in [5, 5.41) is 12.3. The minimum absolute atomic E-state index is 0.0769. The number of aliphatic hydroxyl groups excluding tert-OH is 1. The summed E-state index contributed by atoms with van der Waals surface area (Å²) < 4.78 is 45.1. The number of pyridine rings is 2.